The Labute approximate surface area is 154 Å². The largest absolute Gasteiger partial charge is 0.496 e. The predicted molar refractivity (Wildman–Crippen MR) is 101 cm³/mol. The van der Waals surface area contributed by atoms with E-state index in [2.05, 4.69) is 5.32 Å². The van der Waals surface area contributed by atoms with Crippen molar-refractivity contribution in [2.75, 3.05) is 27.9 Å². The number of nitrogens with one attached hydrogen (secondary N) is 1. The van der Waals surface area contributed by atoms with Crippen LogP contribution in [0, 0.1) is 0 Å². The van der Waals surface area contributed by atoms with Crippen LogP contribution in [-0.2, 0) is 11.2 Å². The van der Waals surface area contributed by atoms with Crippen LogP contribution >= 0.6 is 0 Å². The van der Waals surface area contributed by atoms with Gasteiger partial charge in [0, 0.05) is 36.7 Å². The normalized spacial score (nSPS) is 11.5. The van der Waals surface area contributed by atoms with Crippen molar-refractivity contribution in [2.45, 2.75) is 18.9 Å². The Balaban J connectivity index is 1.93. The summed E-state index contributed by atoms with van der Waals surface area (Å²) in [6.07, 6.45) is 0.809. The van der Waals surface area contributed by atoms with Crippen LogP contribution in [0.5, 0.6) is 17.2 Å². The van der Waals surface area contributed by atoms with Crippen LogP contribution in [0.15, 0.2) is 42.5 Å². The molecule has 0 bridgehead atoms. The molecule has 2 aromatic rings. The van der Waals surface area contributed by atoms with E-state index in [1.165, 1.54) is 0 Å². The second kappa shape index (κ2) is 9.68. The average molecular weight is 358 g/mol. The van der Waals surface area contributed by atoms with Crippen molar-refractivity contribution in [3.8, 4) is 17.2 Å². The van der Waals surface area contributed by atoms with Crippen LogP contribution in [0.2, 0.25) is 0 Å². The zero-order valence-electron chi connectivity index (χ0n) is 15.5. The topological polar surface area (TPSA) is 82.8 Å². The van der Waals surface area contributed by atoms with Crippen molar-refractivity contribution in [3.05, 3.63) is 53.6 Å². The fourth-order valence-corrected chi connectivity index (χ4v) is 2.74. The Morgan fingerprint density at radius 3 is 2.19 bits per heavy atom. The zero-order valence-corrected chi connectivity index (χ0v) is 15.5. The number of hydrogen-bond acceptors (Lipinski definition) is 5. The van der Waals surface area contributed by atoms with E-state index in [1.807, 2.05) is 30.3 Å². The van der Waals surface area contributed by atoms with Crippen LogP contribution in [0.3, 0.4) is 0 Å². The molecule has 2 rings (SSSR count). The maximum Gasteiger partial charge on any atom is 0.221 e. The quantitative estimate of drug-likeness (QED) is 0.719. The van der Waals surface area contributed by atoms with Gasteiger partial charge in [-0.25, -0.2) is 0 Å². The molecule has 3 N–H and O–H groups in total. The molecule has 2 aromatic carbocycles. The molecule has 0 spiro atoms. The SMILES string of the molecule is COc1cc(OC)c(CCNC(=O)CC(N)c2ccccc2)c(OC)c1. The van der Waals surface area contributed by atoms with Gasteiger partial charge in [0.2, 0.25) is 5.91 Å². The predicted octanol–water partition coefficient (Wildman–Crippen LogP) is 2.46. The van der Waals surface area contributed by atoms with Gasteiger partial charge in [-0.2, -0.15) is 0 Å². The van der Waals surface area contributed by atoms with Gasteiger partial charge in [0.1, 0.15) is 17.2 Å². The maximum atomic E-state index is 12.2. The molecule has 1 atom stereocenters. The first-order valence-electron chi connectivity index (χ1n) is 8.45. The highest BCUT2D eigenvalue weighted by molar-refractivity contribution is 5.76. The Kier molecular flexibility index (Phi) is 7.29. The third kappa shape index (κ3) is 5.13. The Hall–Kier alpha value is -2.73. The molecule has 0 aliphatic rings. The van der Waals surface area contributed by atoms with Crippen molar-refractivity contribution < 1.29 is 19.0 Å². The zero-order chi connectivity index (χ0) is 18.9. The average Bonchev–Trinajstić information content (AvgIpc) is 2.68. The molecular weight excluding hydrogens is 332 g/mol. The van der Waals surface area contributed by atoms with E-state index in [-0.39, 0.29) is 18.4 Å². The summed E-state index contributed by atoms with van der Waals surface area (Å²) in [6, 6.07) is 12.9. The van der Waals surface area contributed by atoms with Crippen molar-refractivity contribution in [1.82, 2.24) is 5.32 Å². The van der Waals surface area contributed by atoms with Crippen molar-refractivity contribution >= 4 is 5.91 Å². The molecular formula is C20H26N2O4. The van der Waals surface area contributed by atoms with Gasteiger partial charge < -0.3 is 25.3 Å². The fraction of sp³-hybridized carbons (Fsp3) is 0.350. The maximum absolute atomic E-state index is 12.2. The van der Waals surface area contributed by atoms with Gasteiger partial charge in [0.25, 0.3) is 0 Å². The minimum absolute atomic E-state index is 0.0900. The molecule has 0 radical (unpaired) electrons. The molecule has 0 aliphatic carbocycles. The number of carbonyl (C=O) groups is 1. The number of methoxy groups -OCH3 is 3. The van der Waals surface area contributed by atoms with Gasteiger partial charge in [-0.05, 0) is 12.0 Å². The first-order chi connectivity index (χ1) is 12.6. The van der Waals surface area contributed by atoms with Crippen LogP contribution in [0.1, 0.15) is 23.6 Å². The van der Waals surface area contributed by atoms with E-state index in [4.69, 9.17) is 19.9 Å². The number of ether oxygens (including phenoxy) is 3. The molecule has 0 aromatic heterocycles. The van der Waals surface area contributed by atoms with Gasteiger partial charge >= 0.3 is 0 Å². The summed E-state index contributed by atoms with van der Waals surface area (Å²) in [5.41, 5.74) is 7.91. The number of carbonyl (C=O) groups excluding carboxylic acids is 1. The molecule has 1 amide bonds. The molecule has 140 valence electrons. The number of rotatable bonds is 9. The molecule has 6 nitrogen and oxygen atoms in total. The van der Waals surface area contributed by atoms with Crippen LogP contribution in [-0.4, -0.2) is 33.8 Å². The van der Waals surface area contributed by atoms with Crippen LogP contribution in [0.25, 0.3) is 0 Å². The molecule has 1 unspecified atom stereocenters. The summed E-state index contributed by atoms with van der Waals surface area (Å²) in [7, 11) is 4.77. The van der Waals surface area contributed by atoms with Gasteiger partial charge in [-0.3, -0.25) is 4.79 Å². The van der Waals surface area contributed by atoms with Crippen molar-refractivity contribution in [1.29, 1.82) is 0 Å². The van der Waals surface area contributed by atoms with E-state index in [9.17, 15) is 4.79 Å². The minimum Gasteiger partial charge on any atom is -0.496 e. The van der Waals surface area contributed by atoms with Gasteiger partial charge in [-0.15, -0.1) is 0 Å². The smallest absolute Gasteiger partial charge is 0.221 e. The molecule has 0 saturated carbocycles. The summed E-state index contributed by atoms with van der Waals surface area (Å²) in [5, 5.41) is 2.90. The van der Waals surface area contributed by atoms with Gasteiger partial charge in [0.15, 0.2) is 0 Å². The lowest BCUT2D eigenvalue weighted by molar-refractivity contribution is -0.121. The van der Waals surface area contributed by atoms with Gasteiger partial charge in [-0.1, -0.05) is 30.3 Å². The molecule has 26 heavy (non-hydrogen) atoms. The summed E-state index contributed by atoms with van der Waals surface area (Å²) < 4.78 is 16.1. The Bertz CT molecular complexity index is 694. The van der Waals surface area contributed by atoms with Crippen LogP contribution in [0.4, 0.5) is 0 Å². The molecule has 0 fully saturated rings. The number of nitrogens with two attached hydrogens (primary N) is 1. The van der Waals surface area contributed by atoms with Gasteiger partial charge in [0.05, 0.1) is 21.3 Å². The molecule has 0 heterocycles. The second-order valence-corrected chi connectivity index (χ2v) is 5.83. The molecule has 6 heteroatoms. The summed E-state index contributed by atoms with van der Waals surface area (Å²) in [5.74, 6) is 1.89. The van der Waals surface area contributed by atoms with E-state index in [1.54, 1.807) is 33.5 Å². The highest BCUT2D eigenvalue weighted by atomic mass is 16.5. The highest BCUT2D eigenvalue weighted by Gasteiger charge is 2.15. The Morgan fingerprint density at radius 1 is 1.04 bits per heavy atom. The summed E-state index contributed by atoms with van der Waals surface area (Å²) in [4.78, 5) is 12.2. The lowest BCUT2D eigenvalue weighted by Crippen LogP contribution is -2.29. The summed E-state index contributed by atoms with van der Waals surface area (Å²) in [6.45, 7) is 0.458. The molecule has 0 aliphatic heterocycles. The first kappa shape index (κ1) is 19.6. The third-order valence-corrected chi connectivity index (χ3v) is 4.15. The van der Waals surface area contributed by atoms with E-state index >= 15 is 0 Å². The standard InChI is InChI=1S/C20H26N2O4/c1-24-15-11-18(25-2)16(19(12-15)26-3)9-10-22-20(23)13-17(21)14-7-5-4-6-8-14/h4-8,11-12,17H,9-10,13,21H2,1-3H3,(H,22,23). The molecule has 0 saturated heterocycles. The second-order valence-electron chi connectivity index (χ2n) is 5.83. The van der Waals surface area contributed by atoms with E-state index in [0.29, 0.717) is 30.2 Å². The number of benzene rings is 2. The van der Waals surface area contributed by atoms with Crippen molar-refractivity contribution in [3.63, 3.8) is 0 Å². The minimum atomic E-state index is -0.318. The van der Waals surface area contributed by atoms with Crippen molar-refractivity contribution in [2.24, 2.45) is 5.73 Å². The monoisotopic (exact) mass is 358 g/mol. The first-order valence-corrected chi connectivity index (χ1v) is 8.45. The fourth-order valence-electron chi connectivity index (χ4n) is 2.74. The summed E-state index contributed by atoms with van der Waals surface area (Å²) >= 11 is 0. The Morgan fingerprint density at radius 2 is 1.65 bits per heavy atom. The number of hydrogen-bond donors (Lipinski definition) is 2. The van der Waals surface area contributed by atoms with Crippen LogP contribution < -0.4 is 25.3 Å². The lowest BCUT2D eigenvalue weighted by Gasteiger charge is -2.16. The van der Waals surface area contributed by atoms with E-state index in [0.717, 1.165) is 11.1 Å². The number of amides is 1. The lowest BCUT2D eigenvalue weighted by atomic mass is 10.0. The van der Waals surface area contributed by atoms with E-state index < -0.39 is 0 Å². The third-order valence-electron chi connectivity index (χ3n) is 4.15. The highest BCUT2D eigenvalue weighted by Crippen LogP contribution is 2.34.